The average molecular weight is 246 g/mol. The van der Waals surface area contributed by atoms with Crippen molar-refractivity contribution in [1.29, 1.82) is 0 Å². The first-order chi connectivity index (χ1) is 8.77. The molecule has 0 spiro atoms. The molecule has 1 aromatic carbocycles. The van der Waals surface area contributed by atoms with Crippen molar-refractivity contribution in [2.45, 2.75) is 58.8 Å². The molecule has 1 nitrogen and oxygen atoms in total. The molecule has 0 amide bonds. The van der Waals surface area contributed by atoms with Gasteiger partial charge in [0.05, 0.1) is 0 Å². The minimum atomic E-state index is 0.311. The van der Waals surface area contributed by atoms with Crippen LogP contribution in [0.2, 0.25) is 0 Å². The largest absolute Gasteiger partial charge is 0.294 e. The number of hydrogen-bond donors (Lipinski definition) is 0. The van der Waals surface area contributed by atoms with E-state index in [0.717, 1.165) is 12.0 Å². The minimum Gasteiger partial charge on any atom is -0.294 e. The number of hydrogen-bond acceptors (Lipinski definition) is 1. The second kappa shape index (κ2) is 8.91. The maximum atomic E-state index is 12.2. The van der Waals surface area contributed by atoms with Crippen LogP contribution in [0.25, 0.3) is 0 Å². The summed E-state index contributed by atoms with van der Waals surface area (Å²) in [5.41, 5.74) is 0.870. The molecule has 1 rings (SSSR count). The number of benzene rings is 1. The molecule has 0 fully saturated rings. The molecule has 0 bridgehead atoms. The summed E-state index contributed by atoms with van der Waals surface area (Å²) in [6.45, 7) is 4.43. The summed E-state index contributed by atoms with van der Waals surface area (Å²) in [5, 5.41) is 0. The molecule has 0 unspecified atom stereocenters. The Bertz CT molecular complexity index is 329. The summed E-state index contributed by atoms with van der Waals surface area (Å²) >= 11 is 0. The van der Waals surface area contributed by atoms with Gasteiger partial charge in [-0.3, -0.25) is 4.79 Å². The van der Waals surface area contributed by atoms with Crippen molar-refractivity contribution in [3.05, 3.63) is 35.9 Å². The van der Waals surface area contributed by atoms with Gasteiger partial charge in [0.1, 0.15) is 0 Å². The van der Waals surface area contributed by atoms with E-state index >= 15 is 0 Å². The zero-order valence-corrected chi connectivity index (χ0v) is 11.8. The van der Waals surface area contributed by atoms with Crippen LogP contribution in [0, 0.1) is 5.92 Å². The molecule has 0 radical (unpaired) electrons. The number of unbranched alkanes of at least 4 members (excludes halogenated alkanes) is 2. The van der Waals surface area contributed by atoms with Gasteiger partial charge in [0.2, 0.25) is 0 Å². The van der Waals surface area contributed by atoms with E-state index in [0.29, 0.717) is 11.7 Å². The standard InChI is InChI=1S/C17H26O/c1-3-5-7-11-15(10-4-2)14-17(18)16-12-8-6-9-13-16/h6,8-9,12-13,15H,3-5,7,10-11,14H2,1-2H3/t15-/m0/s1. The summed E-state index contributed by atoms with van der Waals surface area (Å²) < 4.78 is 0. The fourth-order valence-electron chi connectivity index (χ4n) is 2.44. The molecule has 0 aromatic heterocycles. The molecule has 0 saturated heterocycles. The molecule has 0 aliphatic rings. The van der Waals surface area contributed by atoms with Crippen LogP contribution in [0.3, 0.4) is 0 Å². The molecule has 0 saturated carbocycles. The van der Waals surface area contributed by atoms with Gasteiger partial charge in [0, 0.05) is 12.0 Å². The highest BCUT2D eigenvalue weighted by Gasteiger charge is 2.14. The SMILES string of the molecule is CCCCC[C@H](CCC)CC(=O)c1ccccc1. The minimum absolute atomic E-state index is 0.311. The highest BCUT2D eigenvalue weighted by atomic mass is 16.1. The third-order valence-corrected chi connectivity index (χ3v) is 3.48. The van der Waals surface area contributed by atoms with Gasteiger partial charge in [-0.15, -0.1) is 0 Å². The maximum absolute atomic E-state index is 12.2. The topological polar surface area (TPSA) is 17.1 Å². The van der Waals surface area contributed by atoms with Crippen LogP contribution in [-0.2, 0) is 0 Å². The number of ketones is 1. The van der Waals surface area contributed by atoms with Crippen molar-refractivity contribution in [3.8, 4) is 0 Å². The number of Topliss-reactive ketones (excluding diaryl/α,β-unsaturated/α-hetero) is 1. The Labute approximate surface area is 112 Å². The molecule has 1 aromatic rings. The lowest BCUT2D eigenvalue weighted by Gasteiger charge is -2.15. The number of rotatable bonds is 9. The average Bonchev–Trinajstić information content (AvgIpc) is 2.40. The van der Waals surface area contributed by atoms with Gasteiger partial charge in [0.15, 0.2) is 5.78 Å². The predicted molar refractivity (Wildman–Crippen MR) is 77.9 cm³/mol. The first kappa shape index (κ1) is 14.9. The van der Waals surface area contributed by atoms with Crippen molar-refractivity contribution in [2.75, 3.05) is 0 Å². The summed E-state index contributed by atoms with van der Waals surface area (Å²) in [6, 6.07) is 9.70. The van der Waals surface area contributed by atoms with Crippen molar-refractivity contribution >= 4 is 5.78 Å². The molecular weight excluding hydrogens is 220 g/mol. The van der Waals surface area contributed by atoms with Crippen molar-refractivity contribution < 1.29 is 4.79 Å². The fraction of sp³-hybridized carbons (Fsp3) is 0.588. The Kier molecular flexibility index (Phi) is 7.40. The first-order valence-corrected chi connectivity index (χ1v) is 7.36. The van der Waals surface area contributed by atoms with Crippen LogP contribution in [0.15, 0.2) is 30.3 Å². The van der Waals surface area contributed by atoms with Crippen molar-refractivity contribution in [2.24, 2.45) is 5.92 Å². The summed E-state index contributed by atoms with van der Waals surface area (Å²) in [6.07, 6.45) is 8.11. The Morgan fingerprint density at radius 2 is 1.72 bits per heavy atom. The van der Waals surface area contributed by atoms with E-state index in [9.17, 15) is 4.79 Å². The van der Waals surface area contributed by atoms with Gasteiger partial charge >= 0.3 is 0 Å². The lowest BCUT2D eigenvalue weighted by atomic mass is 9.90. The molecule has 100 valence electrons. The van der Waals surface area contributed by atoms with Crippen LogP contribution >= 0.6 is 0 Å². The van der Waals surface area contributed by atoms with Gasteiger partial charge in [-0.05, 0) is 5.92 Å². The molecule has 0 heterocycles. The van der Waals surface area contributed by atoms with Gasteiger partial charge in [-0.2, -0.15) is 0 Å². The molecule has 0 aliphatic carbocycles. The van der Waals surface area contributed by atoms with E-state index in [-0.39, 0.29) is 0 Å². The quantitative estimate of drug-likeness (QED) is 0.429. The van der Waals surface area contributed by atoms with Crippen LogP contribution in [0.1, 0.15) is 69.2 Å². The Morgan fingerprint density at radius 3 is 2.33 bits per heavy atom. The molecule has 1 atom stereocenters. The van der Waals surface area contributed by atoms with E-state index in [1.165, 1.54) is 38.5 Å². The summed E-state index contributed by atoms with van der Waals surface area (Å²) in [4.78, 5) is 12.2. The zero-order valence-electron chi connectivity index (χ0n) is 11.8. The Hall–Kier alpha value is -1.11. The second-order valence-electron chi connectivity index (χ2n) is 5.14. The van der Waals surface area contributed by atoms with Crippen LogP contribution in [0.4, 0.5) is 0 Å². The summed E-state index contributed by atoms with van der Waals surface area (Å²) in [7, 11) is 0. The summed E-state index contributed by atoms with van der Waals surface area (Å²) in [5.74, 6) is 0.889. The van der Waals surface area contributed by atoms with E-state index in [4.69, 9.17) is 0 Å². The molecule has 0 N–H and O–H groups in total. The van der Waals surface area contributed by atoms with E-state index in [1.807, 2.05) is 30.3 Å². The van der Waals surface area contributed by atoms with Gasteiger partial charge in [-0.1, -0.05) is 82.7 Å². The zero-order chi connectivity index (χ0) is 13.2. The van der Waals surface area contributed by atoms with E-state index in [1.54, 1.807) is 0 Å². The van der Waals surface area contributed by atoms with Crippen LogP contribution < -0.4 is 0 Å². The highest BCUT2D eigenvalue weighted by Crippen LogP contribution is 2.21. The van der Waals surface area contributed by atoms with Gasteiger partial charge < -0.3 is 0 Å². The maximum Gasteiger partial charge on any atom is 0.163 e. The van der Waals surface area contributed by atoms with Crippen LogP contribution in [-0.4, -0.2) is 5.78 Å². The third kappa shape index (κ3) is 5.48. The third-order valence-electron chi connectivity index (χ3n) is 3.48. The lowest BCUT2D eigenvalue weighted by Crippen LogP contribution is -2.09. The first-order valence-electron chi connectivity index (χ1n) is 7.36. The van der Waals surface area contributed by atoms with Gasteiger partial charge in [-0.25, -0.2) is 0 Å². The van der Waals surface area contributed by atoms with Crippen molar-refractivity contribution in [1.82, 2.24) is 0 Å². The highest BCUT2D eigenvalue weighted by molar-refractivity contribution is 5.96. The van der Waals surface area contributed by atoms with E-state index < -0.39 is 0 Å². The number of carbonyl (C=O) groups is 1. The van der Waals surface area contributed by atoms with E-state index in [2.05, 4.69) is 13.8 Å². The monoisotopic (exact) mass is 246 g/mol. The Balaban J connectivity index is 2.47. The van der Waals surface area contributed by atoms with Crippen LogP contribution in [0.5, 0.6) is 0 Å². The van der Waals surface area contributed by atoms with Crippen molar-refractivity contribution in [3.63, 3.8) is 0 Å². The Morgan fingerprint density at radius 1 is 1.00 bits per heavy atom. The number of carbonyl (C=O) groups excluding carboxylic acids is 1. The smallest absolute Gasteiger partial charge is 0.163 e. The van der Waals surface area contributed by atoms with Gasteiger partial charge in [0.25, 0.3) is 0 Å². The fourth-order valence-corrected chi connectivity index (χ4v) is 2.44. The lowest BCUT2D eigenvalue weighted by molar-refractivity contribution is 0.0955. The molecule has 0 aliphatic heterocycles. The molecule has 18 heavy (non-hydrogen) atoms. The predicted octanol–water partition coefficient (Wildman–Crippen LogP) is 5.26. The second-order valence-corrected chi connectivity index (χ2v) is 5.14. The molecular formula is C17H26O. The molecule has 1 heteroatoms. The normalized spacial score (nSPS) is 12.3.